The first-order valence-corrected chi connectivity index (χ1v) is 12.1. The van der Waals surface area contributed by atoms with Crippen LogP contribution in [0.1, 0.15) is 28.9 Å². The molecule has 0 saturated carbocycles. The zero-order valence-corrected chi connectivity index (χ0v) is 19.5. The highest BCUT2D eigenvalue weighted by atomic mass is 32.2. The monoisotopic (exact) mass is 482 g/mol. The molecule has 10 heteroatoms. The first-order chi connectivity index (χ1) is 15.9. The highest BCUT2D eigenvalue weighted by Gasteiger charge is 2.30. The van der Waals surface area contributed by atoms with Gasteiger partial charge in [-0.3, -0.25) is 19.7 Å². The van der Waals surface area contributed by atoms with Crippen molar-refractivity contribution in [3.63, 3.8) is 0 Å². The van der Waals surface area contributed by atoms with Crippen LogP contribution in [0.3, 0.4) is 0 Å². The van der Waals surface area contributed by atoms with Gasteiger partial charge in [0.15, 0.2) is 4.34 Å². The number of amides is 2. The molecule has 1 fully saturated rings. The van der Waals surface area contributed by atoms with Gasteiger partial charge in [0.2, 0.25) is 5.91 Å². The van der Waals surface area contributed by atoms with Crippen molar-refractivity contribution in [2.75, 3.05) is 18.4 Å². The van der Waals surface area contributed by atoms with Gasteiger partial charge in [0.05, 0.1) is 15.7 Å². The van der Waals surface area contributed by atoms with Crippen molar-refractivity contribution in [2.45, 2.75) is 29.0 Å². The number of rotatable bonds is 6. The maximum Gasteiger partial charge on any atom is 0.284 e. The van der Waals surface area contributed by atoms with Crippen LogP contribution >= 0.6 is 23.1 Å². The third-order valence-electron chi connectivity index (χ3n) is 5.32. The number of carbonyl (C=O) groups is 2. The summed E-state index contributed by atoms with van der Waals surface area (Å²) in [5.41, 5.74) is 1.68. The fourth-order valence-corrected chi connectivity index (χ4v) is 5.56. The van der Waals surface area contributed by atoms with E-state index in [1.165, 1.54) is 29.2 Å². The van der Waals surface area contributed by atoms with Gasteiger partial charge in [-0.1, -0.05) is 30.0 Å². The van der Waals surface area contributed by atoms with Crippen molar-refractivity contribution < 1.29 is 14.5 Å². The van der Waals surface area contributed by atoms with Crippen LogP contribution in [0.25, 0.3) is 0 Å². The molecule has 0 spiro atoms. The number of nitrogens with zero attached hydrogens (tertiary/aromatic N) is 3. The van der Waals surface area contributed by atoms with Crippen molar-refractivity contribution in [3.8, 4) is 0 Å². The second-order valence-corrected chi connectivity index (χ2v) is 9.89. The summed E-state index contributed by atoms with van der Waals surface area (Å²) < 4.78 is 0.706. The molecule has 1 aliphatic heterocycles. The number of hydrogen-bond donors (Lipinski definition) is 1. The Morgan fingerprint density at radius 2 is 2.03 bits per heavy atom. The molecular formula is C23H22N4O4S2. The number of thiazole rings is 1. The lowest BCUT2D eigenvalue weighted by Crippen LogP contribution is -2.43. The van der Waals surface area contributed by atoms with Crippen LogP contribution in [0.5, 0.6) is 0 Å². The molecule has 1 aliphatic rings. The van der Waals surface area contributed by atoms with E-state index in [0.717, 1.165) is 5.69 Å². The first kappa shape index (κ1) is 22.9. The maximum atomic E-state index is 13.1. The van der Waals surface area contributed by atoms with Gasteiger partial charge in [-0.25, -0.2) is 4.98 Å². The molecule has 2 heterocycles. The number of anilines is 1. The van der Waals surface area contributed by atoms with Crippen LogP contribution in [0.2, 0.25) is 0 Å². The van der Waals surface area contributed by atoms with Crippen molar-refractivity contribution in [2.24, 2.45) is 5.92 Å². The molecule has 3 aromatic rings. The number of carbonyl (C=O) groups excluding carboxylic acids is 2. The Balaban J connectivity index is 1.47. The topological polar surface area (TPSA) is 105 Å². The van der Waals surface area contributed by atoms with Gasteiger partial charge in [-0.15, -0.1) is 11.3 Å². The molecule has 1 unspecified atom stereocenters. The molecule has 1 saturated heterocycles. The number of aromatic nitrogens is 1. The van der Waals surface area contributed by atoms with E-state index in [4.69, 9.17) is 0 Å². The Morgan fingerprint density at radius 3 is 2.73 bits per heavy atom. The first-order valence-electron chi connectivity index (χ1n) is 10.4. The zero-order chi connectivity index (χ0) is 23.4. The third-order valence-corrected chi connectivity index (χ3v) is 7.44. The fraction of sp³-hybridized carbons (Fsp3) is 0.261. The smallest absolute Gasteiger partial charge is 0.284 e. The van der Waals surface area contributed by atoms with Gasteiger partial charge in [-0.05, 0) is 44.0 Å². The summed E-state index contributed by atoms with van der Waals surface area (Å²) in [7, 11) is 0. The number of nitrogens with one attached hydrogen (secondary N) is 1. The zero-order valence-electron chi connectivity index (χ0n) is 17.9. The molecule has 33 heavy (non-hydrogen) atoms. The third kappa shape index (κ3) is 5.58. The number of likely N-dealkylation sites (tertiary alicyclic amines) is 1. The van der Waals surface area contributed by atoms with Crippen molar-refractivity contribution >= 4 is 46.3 Å². The van der Waals surface area contributed by atoms with Gasteiger partial charge < -0.3 is 10.2 Å². The molecule has 2 amide bonds. The number of hydrogen-bond acceptors (Lipinski definition) is 7. The average Bonchev–Trinajstić information content (AvgIpc) is 3.24. The highest BCUT2D eigenvalue weighted by molar-refractivity contribution is 8.01. The SMILES string of the molecule is Cc1csc(Sc2ccc(C(=O)N3CCCC(C(=O)Nc4ccccc4)C3)cc2[N+](=O)[O-])n1. The Hall–Kier alpha value is -3.24. The summed E-state index contributed by atoms with van der Waals surface area (Å²) >= 11 is 2.63. The van der Waals surface area contributed by atoms with Gasteiger partial charge >= 0.3 is 0 Å². The van der Waals surface area contributed by atoms with Crippen LogP contribution < -0.4 is 5.32 Å². The number of piperidine rings is 1. The normalized spacial score (nSPS) is 15.8. The largest absolute Gasteiger partial charge is 0.338 e. The Kier molecular flexibility index (Phi) is 7.05. The van der Waals surface area contributed by atoms with E-state index in [1.807, 2.05) is 42.6 Å². The number of para-hydroxylation sites is 1. The number of nitro groups is 1. The minimum absolute atomic E-state index is 0.129. The highest BCUT2D eigenvalue weighted by Crippen LogP contribution is 2.37. The second kappa shape index (κ2) is 10.1. The van der Waals surface area contributed by atoms with E-state index in [9.17, 15) is 19.7 Å². The van der Waals surface area contributed by atoms with Crippen LogP contribution in [-0.2, 0) is 4.79 Å². The number of nitro benzene ring substituents is 1. The van der Waals surface area contributed by atoms with Crippen molar-refractivity contribution in [1.29, 1.82) is 0 Å². The van der Waals surface area contributed by atoms with E-state index in [1.54, 1.807) is 17.0 Å². The van der Waals surface area contributed by atoms with Crippen molar-refractivity contribution in [1.82, 2.24) is 9.88 Å². The summed E-state index contributed by atoms with van der Waals surface area (Å²) in [6, 6.07) is 13.7. The molecule has 1 N–H and O–H groups in total. The molecule has 0 radical (unpaired) electrons. The molecular weight excluding hydrogens is 460 g/mol. The van der Waals surface area contributed by atoms with Crippen molar-refractivity contribution in [3.05, 3.63) is 75.3 Å². The lowest BCUT2D eigenvalue weighted by molar-refractivity contribution is -0.387. The van der Waals surface area contributed by atoms with Gasteiger partial charge in [0.25, 0.3) is 11.6 Å². The van der Waals surface area contributed by atoms with Gasteiger partial charge in [0.1, 0.15) is 0 Å². The van der Waals surface area contributed by atoms with E-state index < -0.39 is 4.92 Å². The van der Waals surface area contributed by atoms with E-state index in [2.05, 4.69) is 10.3 Å². The molecule has 1 aromatic heterocycles. The minimum atomic E-state index is -0.480. The van der Waals surface area contributed by atoms with E-state index >= 15 is 0 Å². The fourth-order valence-electron chi connectivity index (χ4n) is 3.68. The predicted octanol–water partition coefficient (Wildman–Crippen LogP) is 5.00. The Labute approximate surface area is 199 Å². The van der Waals surface area contributed by atoms with Gasteiger partial charge in [-0.2, -0.15) is 0 Å². The van der Waals surface area contributed by atoms with Crippen LogP contribution in [0.4, 0.5) is 11.4 Å². The summed E-state index contributed by atoms with van der Waals surface area (Å²) in [5.74, 6) is -0.770. The molecule has 0 bridgehead atoms. The van der Waals surface area contributed by atoms with Crippen LogP contribution in [0.15, 0.2) is 63.1 Å². The predicted molar refractivity (Wildman–Crippen MR) is 128 cm³/mol. The molecule has 2 aromatic carbocycles. The number of benzene rings is 2. The van der Waals surface area contributed by atoms with Crippen LogP contribution in [0, 0.1) is 23.0 Å². The van der Waals surface area contributed by atoms with E-state index in [-0.39, 0.29) is 35.5 Å². The average molecular weight is 483 g/mol. The Bertz CT molecular complexity index is 1180. The summed E-state index contributed by atoms with van der Waals surface area (Å²) in [6.45, 7) is 2.65. The second-order valence-electron chi connectivity index (χ2n) is 7.74. The number of aryl methyl sites for hydroxylation is 1. The van der Waals surface area contributed by atoms with Crippen LogP contribution in [-0.4, -0.2) is 39.7 Å². The lowest BCUT2D eigenvalue weighted by Gasteiger charge is -2.32. The summed E-state index contributed by atoms with van der Waals surface area (Å²) in [5, 5.41) is 16.5. The quantitative estimate of drug-likeness (QED) is 0.391. The molecule has 0 aliphatic carbocycles. The Morgan fingerprint density at radius 1 is 1.24 bits per heavy atom. The molecule has 1 atom stereocenters. The van der Waals surface area contributed by atoms with Gasteiger partial charge in [0, 0.05) is 41.5 Å². The molecule has 170 valence electrons. The molecule has 8 nitrogen and oxygen atoms in total. The standard InChI is InChI=1S/C23H22N4O4S2/c1-15-14-32-23(24-15)33-20-10-9-16(12-19(20)27(30)31)22(29)26-11-5-6-17(13-26)21(28)25-18-7-3-2-4-8-18/h2-4,7-10,12,14,17H,5-6,11,13H2,1H3,(H,25,28). The van der Waals surface area contributed by atoms with E-state index in [0.29, 0.717) is 34.3 Å². The maximum absolute atomic E-state index is 13.1. The summed E-state index contributed by atoms with van der Waals surface area (Å²) in [6.07, 6.45) is 1.38. The minimum Gasteiger partial charge on any atom is -0.338 e. The lowest BCUT2D eigenvalue weighted by atomic mass is 9.96. The summed E-state index contributed by atoms with van der Waals surface area (Å²) in [4.78, 5) is 43.4. The molecule has 4 rings (SSSR count).